The molecule has 8 nitrogen and oxygen atoms in total. The minimum Gasteiger partial charge on any atom is -0.367 e. The van der Waals surface area contributed by atoms with Gasteiger partial charge in [-0.05, 0) is 12.5 Å². The molecule has 2 aliphatic heterocycles. The van der Waals surface area contributed by atoms with Gasteiger partial charge in [0.15, 0.2) is 0 Å². The number of hydrogen-bond donors (Lipinski definition) is 1. The van der Waals surface area contributed by atoms with Crippen LogP contribution in [-0.2, 0) is 29.2 Å². The number of carbonyl (C=O) groups excluding carboxylic acids is 1. The SMILES string of the molecule is Cn1cc([C@H]2CNC[C@@H]2C(=O)N2CCOC(C)(c3cnn(C)c3)C2)cn1. The molecule has 2 saturated heterocycles. The highest BCUT2D eigenvalue weighted by Gasteiger charge is 2.42. The van der Waals surface area contributed by atoms with Gasteiger partial charge in [-0.25, -0.2) is 0 Å². The van der Waals surface area contributed by atoms with Crippen LogP contribution in [0.1, 0.15) is 24.0 Å². The maximum atomic E-state index is 13.3. The van der Waals surface area contributed by atoms with E-state index in [0.29, 0.717) is 26.2 Å². The summed E-state index contributed by atoms with van der Waals surface area (Å²) in [5.41, 5.74) is 1.61. The summed E-state index contributed by atoms with van der Waals surface area (Å²) in [6.45, 7) is 5.27. The number of amides is 1. The summed E-state index contributed by atoms with van der Waals surface area (Å²) in [6, 6.07) is 0. The zero-order chi connectivity index (χ0) is 18.3. The van der Waals surface area contributed by atoms with Crippen LogP contribution in [0.5, 0.6) is 0 Å². The minimum absolute atomic E-state index is 0.0598. The molecule has 0 aliphatic carbocycles. The topological polar surface area (TPSA) is 77.2 Å². The summed E-state index contributed by atoms with van der Waals surface area (Å²) in [7, 11) is 3.80. The van der Waals surface area contributed by atoms with Crippen molar-refractivity contribution < 1.29 is 9.53 Å². The number of aromatic nitrogens is 4. The van der Waals surface area contributed by atoms with Crippen molar-refractivity contribution in [2.24, 2.45) is 20.0 Å². The molecule has 1 unspecified atom stereocenters. The third kappa shape index (κ3) is 3.03. The Morgan fingerprint density at radius 2 is 2.00 bits per heavy atom. The summed E-state index contributed by atoms with van der Waals surface area (Å²) >= 11 is 0. The molecule has 26 heavy (non-hydrogen) atoms. The van der Waals surface area contributed by atoms with Crippen LogP contribution in [0.25, 0.3) is 0 Å². The molecule has 4 heterocycles. The van der Waals surface area contributed by atoms with Crippen molar-refractivity contribution in [3.63, 3.8) is 0 Å². The number of ether oxygens (including phenoxy) is 1. The van der Waals surface area contributed by atoms with Crippen LogP contribution in [-0.4, -0.2) is 63.2 Å². The highest BCUT2D eigenvalue weighted by Crippen LogP contribution is 2.33. The van der Waals surface area contributed by atoms with Gasteiger partial charge in [0.1, 0.15) is 5.60 Å². The molecule has 8 heteroatoms. The molecule has 0 bridgehead atoms. The average Bonchev–Trinajstić information content (AvgIpc) is 3.34. The summed E-state index contributed by atoms with van der Waals surface area (Å²) < 4.78 is 9.61. The number of hydrogen-bond acceptors (Lipinski definition) is 5. The molecule has 2 aromatic rings. The molecule has 2 aromatic heterocycles. The van der Waals surface area contributed by atoms with Crippen LogP contribution in [0.2, 0.25) is 0 Å². The fraction of sp³-hybridized carbons (Fsp3) is 0.611. The lowest BCUT2D eigenvalue weighted by molar-refractivity contribution is -0.153. The molecule has 0 saturated carbocycles. The maximum absolute atomic E-state index is 13.3. The van der Waals surface area contributed by atoms with E-state index in [4.69, 9.17) is 4.74 Å². The highest BCUT2D eigenvalue weighted by atomic mass is 16.5. The molecule has 0 radical (unpaired) electrons. The molecule has 2 aliphatic rings. The first kappa shape index (κ1) is 17.2. The number of rotatable bonds is 3. The Balaban J connectivity index is 1.52. The zero-order valence-corrected chi connectivity index (χ0v) is 15.6. The highest BCUT2D eigenvalue weighted by molar-refractivity contribution is 5.81. The van der Waals surface area contributed by atoms with Crippen LogP contribution < -0.4 is 5.32 Å². The number of aryl methyl sites for hydroxylation is 2. The van der Waals surface area contributed by atoms with Crippen LogP contribution in [0.4, 0.5) is 0 Å². The normalized spacial score (nSPS) is 29.3. The third-order valence-electron chi connectivity index (χ3n) is 5.59. The number of nitrogens with one attached hydrogen (secondary N) is 1. The fourth-order valence-electron chi connectivity index (χ4n) is 4.08. The summed E-state index contributed by atoms with van der Waals surface area (Å²) in [5, 5.41) is 11.9. The van der Waals surface area contributed by atoms with Gasteiger partial charge in [-0.2, -0.15) is 10.2 Å². The van der Waals surface area contributed by atoms with Crippen molar-refractivity contribution >= 4 is 5.91 Å². The largest absolute Gasteiger partial charge is 0.367 e. The average molecular weight is 358 g/mol. The Kier molecular flexibility index (Phi) is 4.32. The first-order valence-electron chi connectivity index (χ1n) is 9.07. The van der Waals surface area contributed by atoms with Gasteiger partial charge in [-0.3, -0.25) is 14.2 Å². The first-order chi connectivity index (χ1) is 12.5. The van der Waals surface area contributed by atoms with Crippen molar-refractivity contribution in [2.75, 3.05) is 32.8 Å². The van der Waals surface area contributed by atoms with E-state index in [1.165, 1.54) is 0 Å². The molecule has 140 valence electrons. The Morgan fingerprint density at radius 1 is 1.23 bits per heavy atom. The molecule has 4 rings (SSSR count). The molecule has 1 N–H and O–H groups in total. The Morgan fingerprint density at radius 3 is 2.69 bits per heavy atom. The lowest BCUT2D eigenvalue weighted by atomic mass is 9.88. The Bertz CT molecular complexity index is 799. The van der Waals surface area contributed by atoms with Crippen LogP contribution >= 0.6 is 0 Å². The number of carbonyl (C=O) groups is 1. The standard InChI is InChI=1S/C18H26N6O2/c1-18(14-7-21-23(3)11-14)12-24(4-5-26-18)17(25)16-9-19-8-15(16)13-6-20-22(2)10-13/h6-7,10-11,15-16,19H,4-5,8-9,12H2,1-3H3/t15-,16+,18?/m1/s1. The summed E-state index contributed by atoms with van der Waals surface area (Å²) in [5.74, 6) is 0.307. The predicted molar refractivity (Wildman–Crippen MR) is 95.4 cm³/mol. The van der Waals surface area contributed by atoms with Crippen molar-refractivity contribution in [1.29, 1.82) is 0 Å². The van der Waals surface area contributed by atoms with Crippen molar-refractivity contribution in [3.8, 4) is 0 Å². The van der Waals surface area contributed by atoms with Gasteiger partial charge in [0.25, 0.3) is 0 Å². The van der Waals surface area contributed by atoms with Crippen LogP contribution in [0.15, 0.2) is 24.8 Å². The monoisotopic (exact) mass is 358 g/mol. The molecule has 1 amide bonds. The van der Waals surface area contributed by atoms with Crippen LogP contribution in [0, 0.1) is 5.92 Å². The molecule has 0 spiro atoms. The molecular formula is C18H26N6O2. The van der Waals surface area contributed by atoms with Gasteiger partial charge in [0.05, 0.1) is 31.5 Å². The van der Waals surface area contributed by atoms with E-state index in [1.54, 1.807) is 9.36 Å². The van der Waals surface area contributed by atoms with Gasteiger partial charge in [0.2, 0.25) is 5.91 Å². The van der Waals surface area contributed by atoms with Crippen LogP contribution in [0.3, 0.4) is 0 Å². The zero-order valence-electron chi connectivity index (χ0n) is 15.6. The lowest BCUT2D eigenvalue weighted by Crippen LogP contribution is -2.52. The first-order valence-corrected chi connectivity index (χ1v) is 9.07. The van der Waals surface area contributed by atoms with E-state index in [2.05, 4.69) is 15.5 Å². The molecule has 0 aromatic carbocycles. The van der Waals surface area contributed by atoms with Gasteiger partial charge < -0.3 is 15.0 Å². The van der Waals surface area contributed by atoms with Crippen molar-refractivity contribution in [3.05, 3.63) is 35.9 Å². The predicted octanol–water partition coefficient (Wildman–Crippen LogP) is 0.231. The van der Waals surface area contributed by atoms with E-state index < -0.39 is 5.60 Å². The molecular weight excluding hydrogens is 332 g/mol. The van der Waals surface area contributed by atoms with Crippen molar-refractivity contribution in [2.45, 2.75) is 18.4 Å². The fourth-order valence-corrected chi connectivity index (χ4v) is 4.08. The molecule has 2 fully saturated rings. The second-order valence-electron chi connectivity index (χ2n) is 7.56. The Labute approximate surface area is 153 Å². The smallest absolute Gasteiger partial charge is 0.227 e. The Hall–Kier alpha value is -2.19. The third-order valence-corrected chi connectivity index (χ3v) is 5.59. The molecule has 3 atom stereocenters. The summed E-state index contributed by atoms with van der Waals surface area (Å²) in [6.07, 6.45) is 7.67. The lowest BCUT2D eigenvalue weighted by Gasteiger charge is -2.41. The second kappa shape index (κ2) is 6.51. The number of morpholine rings is 1. The van der Waals surface area contributed by atoms with Gasteiger partial charge in [-0.1, -0.05) is 0 Å². The van der Waals surface area contributed by atoms with Gasteiger partial charge in [-0.15, -0.1) is 0 Å². The van der Waals surface area contributed by atoms with E-state index in [-0.39, 0.29) is 17.7 Å². The van der Waals surface area contributed by atoms with E-state index in [9.17, 15) is 4.79 Å². The summed E-state index contributed by atoms with van der Waals surface area (Å²) in [4.78, 5) is 15.3. The van der Waals surface area contributed by atoms with Gasteiger partial charge in [0, 0.05) is 57.6 Å². The van der Waals surface area contributed by atoms with Crippen molar-refractivity contribution in [1.82, 2.24) is 29.8 Å². The number of nitrogens with zero attached hydrogens (tertiary/aromatic N) is 5. The van der Waals surface area contributed by atoms with E-state index >= 15 is 0 Å². The quantitative estimate of drug-likeness (QED) is 0.850. The second-order valence-corrected chi connectivity index (χ2v) is 7.56. The minimum atomic E-state index is -0.516. The van der Waals surface area contributed by atoms with E-state index in [0.717, 1.165) is 17.7 Å². The van der Waals surface area contributed by atoms with Gasteiger partial charge >= 0.3 is 0 Å². The van der Waals surface area contributed by atoms with E-state index in [1.807, 2.05) is 50.7 Å². The maximum Gasteiger partial charge on any atom is 0.227 e.